The lowest BCUT2D eigenvalue weighted by Gasteiger charge is -2.14. The summed E-state index contributed by atoms with van der Waals surface area (Å²) in [6.45, 7) is 8.84. The number of benzene rings is 7. The van der Waals surface area contributed by atoms with Gasteiger partial charge in [-0.15, -0.1) is 22.7 Å². The number of allylic oxidation sites excluding steroid dienone is 4. The monoisotopic (exact) mass is 853 g/mol. The summed E-state index contributed by atoms with van der Waals surface area (Å²) in [5, 5.41) is 12.5. The van der Waals surface area contributed by atoms with E-state index in [1.807, 2.05) is 59.1 Å². The summed E-state index contributed by atoms with van der Waals surface area (Å²) in [4.78, 5) is 0. The Morgan fingerprint density at radius 3 is 2.00 bits per heavy atom. The summed E-state index contributed by atoms with van der Waals surface area (Å²) in [5.41, 5.74) is 22.9. The zero-order valence-corrected chi connectivity index (χ0v) is 37.4. The molecule has 2 aromatic heterocycles. The minimum absolute atomic E-state index is 0.121. The zero-order chi connectivity index (χ0) is 43.7. The Bertz CT molecular complexity index is 3260. The molecule has 0 spiro atoms. The van der Waals surface area contributed by atoms with E-state index in [4.69, 9.17) is 16.9 Å². The van der Waals surface area contributed by atoms with Crippen molar-refractivity contribution in [3.63, 3.8) is 0 Å². The quantitative estimate of drug-likeness (QED) is 0.0809. The molecule has 0 aliphatic heterocycles. The Labute approximate surface area is 378 Å². The predicted molar refractivity (Wildman–Crippen MR) is 277 cm³/mol. The fourth-order valence-electron chi connectivity index (χ4n) is 8.07. The second kappa shape index (κ2) is 19.9. The van der Waals surface area contributed by atoms with Crippen LogP contribution in [-0.2, 0) is 0 Å². The molecule has 5 heteroatoms. The highest BCUT2D eigenvalue weighted by Gasteiger charge is 2.14. The van der Waals surface area contributed by atoms with Gasteiger partial charge >= 0.3 is 0 Å². The van der Waals surface area contributed by atoms with Crippen molar-refractivity contribution in [2.24, 2.45) is 17.4 Å². The fourth-order valence-corrected chi connectivity index (χ4v) is 10.4. The van der Waals surface area contributed by atoms with E-state index in [1.54, 1.807) is 0 Å². The van der Waals surface area contributed by atoms with Crippen molar-refractivity contribution in [1.29, 1.82) is 5.41 Å². The SMILES string of the molecule is C=C/C(=C\C=C(/C)CN)C1C=c2sc3ccccc3c2=CC1.Cc1cccc2sc3ccc(-c4cccc(-c5ccccc5-c5ccccc5)c4)cc3c12.N=C(N)c1ccccc1. The van der Waals surface area contributed by atoms with E-state index in [2.05, 4.69) is 184 Å². The van der Waals surface area contributed by atoms with Gasteiger partial charge in [0.2, 0.25) is 0 Å². The van der Waals surface area contributed by atoms with Gasteiger partial charge in [0.1, 0.15) is 5.84 Å². The number of hydrogen-bond donors (Lipinski definition) is 3. The van der Waals surface area contributed by atoms with Gasteiger partial charge in [0.15, 0.2) is 0 Å². The van der Waals surface area contributed by atoms with Crippen LogP contribution in [0.5, 0.6) is 0 Å². The van der Waals surface area contributed by atoms with E-state index in [0.717, 1.165) is 12.0 Å². The molecular formula is C58H51N3S2. The van der Waals surface area contributed by atoms with Crippen LogP contribution in [0.1, 0.15) is 24.5 Å². The number of nitrogen functional groups attached to an aromatic ring is 1. The summed E-state index contributed by atoms with van der Waals surface area (Å²) in [5.74, 6) is 0.524. The Morgan fingerprint density at radius 1 is 0.651 bits per heavy atom. The lowest BCUT2D eigenvalue weighted by Crippen LogP contribution is -2.24. The molecule has 1 aliphatic rings. The molecule has 3 nitrogen and oxygen atoms in total. The van der Waals surface area contributed by atoms with Crippen LogP contribution >= 0.6 is 22.7 Å². The van der Waals surface area contributed by atoms with Crippen molar-refractivity contribution < 1.29 is 0 Å². The van der Waals surface area contributed by atoms with Crippen LogP contribution < -0.4 is 21.2 Å². The van der Waals surface area contributed by atoms with E-state index in [-0.39, 0.29) is 5.84 Å². The third kappa shape index (κ3) is 9.77. The van der Waals surface area contributed by atoms with Crippen molar-refractivity contribution in [3.8, 4) is 33.4 Å². The van der Waals surface area contributed by atoms with Crippen LogP contribution in [0.15, 0.2) is 206 Å². The van der Waals surface area contributed by atoms with E-state index in [1.165, 1.54) is 90.1 Å². The van der Waals surface area contributed by atoms with Gasteiger partial charge in [-0.05, 0) is 106 Å². The van der Waals surface area contributed by atoms with Crippen LogP contribution in [0.3, 0.4) is 0 Å². The molecule has 10 rings (SSSR count). The summed E-state index contributed by atoms with van der Waals surface area (Å²) in [6.07, 6.45) is 12.0. The van der Waals surface area contributed by atoms with Crippen LogP contribution in [0.2, 0.25) is 0 Å². The molecular weight excluding hydrogens is 803 g/mol. The molecule has 7 aromatic carbocycles. The molecule has 2 heterocycles. The highest BCUT2D eigenvalue weighted by molar-refractivity contribution is 7.25. The van der Waals surface area contributed by atoms with E-state index < -0.39 is 0 Å². The van der Waals surface area contributed by atoms with Gasteiger partial charge in [0.05, 0.1) is 0 Å². The predicted octanol–water partition coefficient (Wildman–Crippen LogP) is 13.8. The van der Waals surface area contributed by atoms with Crippen LogP contribution in [-0.4, -0.2) is 12.4 Å². The Morgan fingerprint density at radius 2 is 1.27 bits per heavy atom. The molecule has 0 amide bonds. The average Bonchev–Trinajstić information content (AvgIpc) is 3.91. The van der Waals surface area contributed by atoms with Gasteiger partial charge in [0.25, 0.3) is 0 Å². The molecule has 0 saturated heterocycles. The molecule has 0 saturated carbocycles. The standard InChI is InChI=1S/C31H22S.C20H21NS.C7H8N2/c1-21-9-7-16-30-31(21)28-20-24(17-18-29(28)32-30)23-12-8-13-25(19-23)27-15-6-5-14-26(27)22-10-3-2-4-11-22;1-3-15(9-8-14(2)13-21)16-10-11-18-17-6-4-5-7-19(17)22-20(18)12-16;8-7(9)6-4-2-1-3-5-6/h2-20H,1H3;3-9,11-12,16H,1,10,13,21H2,2H3;1-5H,(H3,8,9)/b;14-8+,15-9+;. The maximum atomic E-state index is 7.01. The first-order valence-corrected chi connectivity index (χ1v) is 22.9. The second-order valence-corrected chi connectivity index (χ2v) is 17.9. The molecule has 0 bridgehead atoms. The molecule has 1 unspecified atom stereocenters. The first kappa shape index (κ1) is 42.8. The number of nitrogens with one attached hydrogen (secondary N) is 1. The minimum atomic E-state index is 0.121. The maximum Gasteiger partial charge on any atom is 0.122 e. The number of amidine groups is 1. The number of rotatable bonds is 8. The molecule has 1 atom stereocenters. The van der Waals surface area contributed by atoms with Crippen molar-refractivity contribution in [2.45, 2.75) is 20.3 Å². The summed E-state index contributed by atoms with van der Waals surface area (Å²) in [7, 11) is 0. The maximum absolute atomic E-state index is 7.01. The highest BCUT2D eigenvalue weighted by Crippen LogP contribution is 2.39. The van der Waals surface area contributed by atoms with E-state index in [0.29, 0.717) is 12.5 Å². The topological polar surface area (TPSA) is 75.9 Å². The number of aryl methyl sites for hydroxylation is 1. The van der Waals surface area contributed by atoms with E-state index >= 15 is 0 Å². The smallest absolute Gasteiger partial charge is 0.122 e. The zero-order valence-electron chi connectivity index (χ0n) is 35.7. The molecule has 9 aromatic rings. The first-order chi connectivity index (χ1) is 30.8. The van der Waals surface area contributed by atoms with Gasteiger partial charge in [-0.3, -0.25) is 5.41 Å². The Kier molecular flexibility index (Phi) is 13.5. The summed E-state index contributed by atoms with van der Waals surface area (Å²) >= 11 is 3.76. The Hall–Kier alpha value is -6.89. The molecule has 0 radical (unpaired) electrons. The third-order valence-corrected chi connectivity index (χ3v) is 13.7. The molecule has 1 aliphatic carbocycles. The largest absolute Gasteiger partial charge is 0.384 e. The van der Waals surface area contributed by atoms with E-state index in [9.17, 15) is 0 Å². The van der Waals surface area contributed by atoms with Crippen molar-refractivity contribution >= 4 is 70.9 Å². The van der Waals surface area contributed by atoms with Crippen molar-refractivity contribution in [3.05, 3.63) is 227 Å². The first-order valence-electron chi connectivity index (χ1n) is 21.3. The van der Waals surface area contributed by atoms with Crippen LogP contribution in [0.4, 0.5) is 0 Å². The van der Waals surface area contributed by atoms with Crippen molar-refractivity contribution in [2.75, 3.05) is 6.54 Å². The third-order valence-electron chi connectivity index (χ3n) is 11.4. The number of nitrogens with two attached hydrogens (primary N) is 2. The molecule has 5 N–H and O–H groups in total. The average molecular weight is 854 g/mol. The fraction of sp³-hybridized carbons (Fsp3) is 0.0862. The van der Waals surface area contributed by atoms with Gasteiger partial charge in [-0.25, -0.2) is 0 Å². The highest BCUT2D eigenvalue weighted by atomic mass is 32.1. The Balaban J connectivity index is 0.000000151. The van der Waals surface area contributed by atoms with Crippen LogP contribution in [0.25, 0.3) is 75.8 Å². The van der Waals surface area contributed by atoms with Gasteiger partial charge in [-0.1, -0.05) is 182 Å². The van der Waals surface area contributed by atoms with Crippen LogP contribution in [0, 0.1) is 18.3 Å². The number of hydrogen-bond acceptors (Lipinski definition) is 4. The van der Waals surface area contributed by atoms with Gasteiger partial charge in [-0.2, -0.15) is 0 Å². The lowest BCUT2D eigenvalue weighted by atomic mass is 9.91. The van der Waals surface area contributed by atoms with Gasteiger partial charge in [0, 0.05) is 47.4 Å². The second-order valence-electron chi connectivity index (χ2n) is 15.7. The number of fused-ring (bicyclic) bond motifs is 6. The summed E-state index contributed by atoms with van der Waals surface area (Å²) < 4.78 is 5.46. The molecule has 63 heavy (non-hydrogen) atoms. The number of thiophene rings is 2. The molecule has 0 fully saturated rings. The normalized spacial score (nSPS) is 13.5. The summed E-state index contributed by atoms with van der Waals surface area (Å²) in [6, 6.07) is 59.6. The molecule has 310 valence electrons. The van der Waals surface area contributed by atoms with Gasteiger partial charge < -0.3 is 11.5 Å². The van der Waals surface area contributed by atoms with Crippen molar-refractivity contribution in [1.82, 2.24) is 0 Å². The lowest BCUT2D eigenvalue weighted by molar-refractivity contribution is 0.857. The minimum Gasteiger partial charge on any atom is -0.384 e.